The largest absolute Gasteiger partial charge is 0.431 e. The van der Waals surface area contributed by atoms with Gasteiger partial charge in [0.05, 0.1) is 0 Å². The molecule has 4 nitrogen and oxygen atoms in total. The van der Waals surface area contributed by atoms with Crippen LogP contribution < -0.4 is 0 Å². The first-order chi connectivity index (χ1) is 7.19. The van der Waals surface area contributed by atoms with Crippen LogP contribution in [-0.2, 0) is 14.3 Å². The van der Waals surface area contributed by atoms with Crippen molar-refractivity contribution in [3.63, 3.8) is 0 Å². The van der Waals surface area contributed by atoms with E-state index in [0.29, 0.717) is 6.04 Å². The highest BCUT2D eigenvalue weighted by atomic mass is 16.8. The lowest BCUT2D eigenvalue weighted by molar-refractivity contribution is -0.196. The van der Waals surface area contributed by atoms with Gasteiger partial charge in [0.15, 0.2) is 0 Å². The van der Waals surface area contributed by atoms with Gasteiger partial charge in [-0.3, -0.25) is 0 Å². The topological polar surface area (TPSA) is 38.8 Å². The quantitative estimate of drug-likeness (QED) is 0.563. The van der Waals surface area contributed by atoms with Crippen molar-refractivity contribution < 1.29 is 15.7 Å². The van der Waals surface area contributed by atoms with Crippen LogP contribution in [-0.4, -0.2) is 42.9 Å². The Bertz CT molecular complexity index is 299. The Morgan fingerprint density at radius 3 is 3.13 bits per heavy atom. The molecule has 2 heterocycles. The fourth-order valence-electron chi connectivity index (χ4n) is 3.25. The van der Waals surface area contributed by atoms with Crippen LogP contribution in [0.4, 0.5) is 0 Å². The summed E-state index contributed by atoms with van der Waals surface area (Å²) in [5, 5.41) is 0. The molecular formula is C11H19NO3. The Morgan fingerprint density at radius 1 is 1.53 bits per heavy atom. The molecule has 3 aliphatic rings. The first kappa shape index (κ1) is 9.60. The number of carbonyl (C=O) groups excluding carboxylic acids is 1. The van der Waals surface area contributed by atoms with E-state index in [2.05, 4.69) is 11.9 Å². The lowest BCUT2D eigenvalue weighted by Gasteiger charge is -2.39. The summed E-state index contributed by atoms with van der Waals surface area (Å²) in [6, 6.07) is 0.546. The van der Waals surface area contributed by atoms with Crippen LogP contribution in [0.1, 0.15) is 27.1 Å². The third-order valence-corrected chi connectivity index (χ3v) is 4.13. The molecule has 1 saturated carbocycles. The Balaban J connectivity index is 0.000000963. The Morgan fingerprint density at radius 2 is 2.40 bits per heavy atom. The summed E-state index contributed by atoms with van der Waals surface area (Å²) in [6.45, 7) is 1.31. The van der Waals surface area contributed by atoms with Crippen molar-refractivity contribution in [2.75, 3.05) is 20.2 Å². The van der Waals surface area contributed by atoms with E-state index in [1.165, 1.54) is 13.0 Å². The van der Waals surface area contributed by atoms with Crippen LogP contribution in [0.5, 0.6) is 0 Å². The summed E-state index contributed by atoms with van der Waals surface area (Å²) >= 11 is 0. The molecule has 0 amide bonds. The molecule has 1 unspecified atom stereocenters. The molecule has 3 atom stereocenters. The zero-order chi connectivity index (χ0) is 10.5. The fourth-order valence-corrected chi connectivity index (χ4v) is 3.25. The molecule has 1 spiro atoms. The van der Waals surface area contributed by atoms with E-state index < -0.39 is 5.79 Å². The molecular weight excluding hydrogens is 194 g/mol. The van der Waals surface area contributed by atoms with Gasteiger partial charge < -0.3 is 14.4 Å². The van der Waals surface area contributed by atoms with E-state index in [-0.39, 0.29) is 14.0 Å². The molecule has 0 aromatic rings. The van der Waals surface area contributed by atoms with Crippen LogP contribution in [0.2, 0.25) is 0 Å². The minimum absolute atomic E-state index is 0. The average molecular weight is 213 g/mol. The number of rotatable bonds is 0. The summed E-state index contributed by atoms with van der Waals surface area (Å²) in [5.41, 5.74) is 0. The minimum Gasteiger partial charge on any atom is -0.431 e. The zero-order valence-corrected chi connectivity index (χ0v) is 9.07. The summed E-state index contributed by atoms with van der Waals surface area (Å²) < 4.78 is 10.9. The standard InChI is InChI=1S/C11H17NO3.H2/c1-12-5-3-8-2-4-11(6-9(8)12)14-7-10(13)15-11;/h8-9H,2-7H2,1H3;1H/t8-,9-,11?;/m0./s1. The lowest BCUT2D eigenvalue weighted by atomic mass is 9.81. The summed E-state index contributed by atoms with van der Waals surface area (Å²) in [5.74, 6) is 0.00857. The van der Waals surface area contributed by atoms with Crippen molar-refractivity contribution in [1.29, 1.82) is 0 Å². The summed E-state index contributed by atoms with van der Waals surface area (Å²) in [7, 11) is 2.15. The van der Waals surface area contributed by atoms with Gasteiger partial charge in [0.2, 0.25) is 5.79 Å². The number of esters is 1. The van der Waals surface area contributed by atoms with E-state index in [4.69, 9.17) is 9.47 Å². The van der Waals surface area contributed by atoms with Crippen LogP contribution >= 0.6 is 0 Å². The lowest BCUT2D eigenvalue weighted by Crippen LogP contribution is -2.45. The predicted molar refractivity (Wildman–Crippen MR) is 55.3 cm³/mol. The number of nitrogens with zero attached hydrogens (tertiary/aromatic N) is 1. The van der Waals surface area contributed by atoms with Gasteiger partial charge in [-0.15, -0.1) is 0 Å². The van der Waals surface area contributed by atoms with Gasteiger partial charge in [-0.25, -0.2) is 4.79 Å². The molecule has 3 rings (SSSR count). The average Bonchev–Trinajstić information content (AvgIpc) is 2.74. The highest BCUT2D eigenvalue weighted by molar-refractivity contribution is 5.72. The van der Waals surface area contributed by atoms with E-state index in [1.54, 1.807) is 0 Å². The van der Waals surface area contributed by atoms with Gasteiger partial charge >= 0.3 is 5.97 Å². The molecule has 4 heteroatoms. The van der Waals surface area contributed by atoms with Crippen LogP contribution in [0.3, 0.4) is 0 Å². The normalized spacial score (nSPS) is 45.8. The molecule has 15 heavy (non-hydrogen) atoms. The maximum atomic E-state index is 11.1. The SMILES string of the molecule is CN1CC[C@@H]2CCC3(C[C@@H]21)OCC(=O)O3.[HH]. The number of hydrogen-bond donors (Lipinski definition) is 0. The molecule has 0 aromatic heterocycles. The second kappa shape index (κ2) is 3.19. The van der Waals surface area contributed by atoms with E-state index in [0.717, 1.165) is 25.2 Å². The molecule has 2 saturated heterocycles. The van der Waals surface area contributed by atoms with Gasteiger partial charge in [0.1, 0.15) is 6.61 Å². The highest BCUT2D eigenvalue weighted by Gasteiger charge is 2.50. The van der Waals surface area contributed by atoms with Gasteiger partial charge in [-0.05, 0) is 32.4 Å². The summed E-state index contributed by atoms with van der Waals surface area (Å²) in [4.78, 5) is 13.5. The van der Waals surface area contributed by atoms with Crippen molar-refractivity contribution in [3.8, 4) is 0 Å². The Hall–Kier alpha value is -0.610. The molecule has 3 fully saturated rings. The second-order valence-corrected chi connectivity index (χ2v) is 5.01. The first-order valence-electron chi connectivity index (χ1n) is 5.75. The zero-order valence-electron chi connectivity index (χ0n) is 9.07. The third kappa shape index (κ3) is 1.47. The first-order valence-corrected chi connectivity index (χ1v) is 5.75. The molecule has 0 bridgehead atoms. The van der Waals surface area contributed by atoms with Gasteiger partial charge in [-0.2, -0.15) is 0 Å². The number of ether oxygens (including phenoxy) is 2. The Labute approximate surface area is 91.0 Å². The number of carbonyl (C=O) groups is 1. The van der Waals surface area contributed by atoms with E-state index in [1.807, 2.05) is 0 Å². The molecule has 1 aliphatic carbocycles. The monoisotopic (exact) mass is 213 g/mol. The fraction of sp³-hybridized carbons (Fsp3) is 0.909. The highest BCUT2D eigenvalue weighted by Crippen LogP contribution is 2.44. The van der Waals surface area contributed by atoms with Crippen molar-refractivity contribution in [1.82, 2.24) is 4.90 Å². The number of fused-ring (bicyclic) bond motifs is 1. The van der Waals surface area contributed by atoms with Crippen LogP contribution in [0, 0.1) is 5.92 Å². The molecule has 86 valence electrons. The third-order valence-electron chi connectivity index (χ3n) is 4.13. The van der Waals surface area contributed by atoms with Gasteiger partial charge in [0, 0.05) is 20.3 Å². The maximum absolute atomic E-state index is 11.1. The van der Waals surface area contributed by atoms with Crippen LogP contribution in [0.15, 0.2) is 0 Å². The van der Waals surface area contributed by atoms with E-state index >= 15 is 0 Å². The van der Waals surface area contributed by atoms with Crippen molar-refractivity contribution >= 4 is 5.97 Å². The molecule has 0 aromatic carbocycles. The van der Waals surface area contributed by atoms with Crippen molar-refractivity contribution in [2.24, 2.45) is 5.92 Å². The van der Waals surface area contributed by atoms with E-state index in [9.17, 15) is 4.79 Å². The minimum atomic E-state index is -0.573. The van der Waals surface area contributed by atoms with Gasteiger partial charge in [-0.1, -0.05) is 0 Å². The number of hydrogen-bond acceptors (Lipinski definition) is 4. The molecule has 0 N–H and O–H groups in total. The van der Waals surface area contributed by atoms with Crippen molar-refractivity contribution in [2.45, 2.75) is 37.5 Å². The summed E-state index contributed by atoms with van der Waals surface area (Å²) in [6.07, 6.45) is 4.15. The smallest absolute Gasteiger partial charge is 0.334 e. The molecule has 2 aliphatic heterocycles. The Kier molecular flexibility index (Phi) is 2.04. The van der Waals surface area contributed by atoms with Gasteiger partial charge in [0.25, 0.3) is 0 Å². The predicted octanol–water partition coefficient (Wildman–Crippen LogP) is 1.01. The molecule has 0 radical (unpaired) electrons. The van der Waals surface area contributed by atoms with Crippen LogP contribution in [0.25, 0.3) is 0 Å². The second-order valence-electron chi connectivity index (χ2n) is 5.01. The van der Waals surface area contributed by atoms with Crippen molar-refractivity contribution in [3.05, 3.63) is 0 Å². The maximum Gasteiger partial charge on any atom is 0.334 e. The number of likely N-dealkylation sites (tertiary alicyclic amines) is 1.